The first-order valence-electron chi connectivity index (χ1n) is 5.52. The highest BCUT2D eigenvalue weighted by molar-refractivity contribution is 5.52. The molecule has 1 aliphatic heterocycles. The summed E-state index contributed by atoms with van der Waals surface area (Å²) in [4.78, 5) is 2.12. The van der Waals surface area contributed by atoms with E-state index in [-0.39, 0.29) is 0 Å². The highest BCUT2D eigenvalue weighted by Crippen LogP contribution is 2.22. The van der Waals surface area contributed by atoms with Gasteiger partial charge in [-0.25, -0.2) is 0 Å². The molecule has 0 spiro atoms. The minimum atomic E-state index is 0.598. The van der Waals surface area contributed by atoms with Crippen LogP contribution in [0.1, 0.15) is 18.4 Å². The van der Waals surface area contributed by atoms with Gasteiger partial charge >= 0.3 is 0 Å². The first-order valence-corrected chi connectivity index (χ1v) is 5.52. The highest BCUT2D eigenvalue weighted by Gasteiger charge is 2.21. The first-order chi connectivity index (χ1) is 7.85. The largest absolute Gasteiger partial charge is 0.354 e. The summed E-state index contributed by atoms with van der Waals surface area (Å²) in [6.45, 7) is 2.57. The third-order valence-electron chi connectivity index (χ3n) is 3.07. The molecule has 2 N–H and O–H groups in total. The summed E-state index contributed by atoms with van der Waals surface area (Å²) >= 11 is 0. The van der Waals surface area contributed by atoms with E-state index in [0.717, 1.165) is 32.5 Å². The molecule has 0 aliphatic carbocycles. The zero-order chi connectivity index (χ0) is 11.4. The zero-order valence-electron chi connectivity index (χ0n) is 9.13. The van der Waals surface area contributed by atoms with E-state index in [4.69, 9.17) is 11.0 Å². The molecule has 2 heterocycles. The predicted octanol–water partition coefficient (Wildman–Crippen LogP) is 0.523. The maximum Gasteiger partial charge on any atom is 0.169 e. The Morgan fingerprint density at radius 1 is 1.50 bits per heavy atom. The zero-order valence-corrected chi connectivity index (χ0v) is 9.13. The molecule has 0 aromatic carbocycles. The molecule has 0 radical (unpaired) electrons. The van der Waals surface area contributed by atoms with Gasteiger partial charge in [-0.3, -0.25) is 0 Å². The quantitative estimate of drug-likeness (QED) is 0.781. The van der Waals surface area contributed by atoms with Crippen molar-refractivity contribution in [1.29, 1.82) is 5.26 Å². The second-order valence-electron chi connectivity index (χ2n) is 4.05. The number of rotatable bonds is 2. The third-order valence-corrected chi connectivity index (χ3v) is 3.07. The molecule has 0 unspecified atom stereocenters. The van der Waals surface area contributed by atoms with E-state index in [2.05, 4.69) is 21.2 Å². The van der Waals surface area contributed by atoms with Gasteiger partial charge < -0.3 is 10.6 Å². The molecule has 0 saturated carbocycles. The predicted molar refractivity (Wildman–Crippen MR) is 60.7 cm³/mol. The van der Waals surface area contributed by atoms with Crippen LogP contribution >= 0.6 is 0 Å². The first kappa shape index (κ1) is 10.8. The Bertz CT molecular complexity index is 390. The molecule has 1 aliphatic rings. The lowest BCUT2D eigenvalue weighted by atomic mass is 9.97. The number of hydrogen-bond donors (Lipinski definition) is 1. The fourth-order valence-corrected chi connectivity index (χ4v) is 2.03. The van der Waals surface area contributed by atoms with E-state index < -0.39 is 0 Å². The normalized spacial score (nSPS) is 17.1. The van der Waals surface area contributed by atoms with Crippen molar-refractivity contribution in [3.8, 4) is 6.07 Å². The summed E-state index contributed by atoms with van der Waals surface area (Å²) in [5, 5.41) is 16.9. The summed E-state index contributed by atoms with van der Waals surface area (Å²) in [7, 11) is 0. The molecule has 1 fully saturated rings. The minimum absolute atomic E-state index is 0.598. The van der Waals surface area contributed by atoms with Gasteiger partial charge in [-0.15, -0.1) is 5.10 Å². The van der Waals surface area contributed by atoms with Gasteiger partial charge in [0.25, 0.3) is 0 Å². The average Bonchev–Trinajstić information content (AvgIpc) is 2.39. The van der Waals surface area contributed by atoms with E-state index in [0.29, 0.717) is 17.3 Å². The Labute approximate surface area is 94.9 Å². The number of anilines is 1. The third kappa shape index (κ3) is 2.12. The molecule has 1 saturated heterocycles. The van der Waals surface area contributed by atoms with E-state index in [1.54, 1.807) is 12.3 Å². The summed E-state index contributed by atoms with van der Waals surface area (Å²) in [6, 6.07) is 3.85. The lowest BCUT2D eigenvalue weighted by molar-refractivity contribution is 0.412. The average molecular weight is 217 g/mol. The number of nitrogens with two attached hydrogens (primary N) is 1. The Hall–Kier alpha value is -1.67. The summed E-state index contributed by atoms with van der Waals surface area (Å²) in [5.74, 6) is 1.32. The smallest absolute Gasteiger partial charge is 0.169 e. The Morgan fingerprint density at radius 3 is 2.88 bits per heavy atom. The van der Waals surface area contributed by atoms with Crippen LogP contribution in [0.2, 0.25) is 0 Å². The van der Waals surface area contributed by atoms with Crippen LogP contribution in [0.15, 0.2) is 12.3 Å². The van der Waals surface area contributed by atoms with Gasteiger partial charge in [0.2, 0.25) is 0 Å². The van der Waals surface area contributed by atoms with Crippen LogP contribution < -0.4 is 10.6 Å². The number of nitriles is 1. The SMILES string of the molecule is N#Cc1ccnnc1N1CCC(CN)CC1. The number of hydrogen-bond acceptors (Lipinski definition) is 5. The molecule has 16 heavy (non-hydrogen) atoms. The molecular formula is C11H15N5. The van der Waals surface area contributed by atoms with E-state index in [9.17, 15) is 0 Å². The topological polar surface area (TPSA) is 78.8 Å². The fraction of sp³-hybridized carbons (Fsp3) is 0.545. The van der Waals surface area contributed by atoms with Gasteiger partial charge in [0.05, 0.1) is 11.8 Å². The van der Waals surface area contributed by atoms with Gasteiger partial charge in [-0.05, 0) is 31.4 Å². The van der Waals surface area contributed by atoms with Crippen molar-refractivity contribution < 1.29 is 0 Å². The van der Waals surface area contributed by atoms with Gasteiger partial charge in [0.15, 0.2) is 5.82 Å². The maximum absolute atomic E-state index is 8.98. The Kier molecular flexibility index (Phi) is 3.32. The Morgan fingerprint density at radius 2 is 2.25 bits per heavy atom. The van der Waals surface area contributed by atoms with Crippen LogP contribution in [-0.4, -0.2) is 29.8 Å². The minimum Gasteiger partial charge on any atom is -0.354 e. The molecule has 0 amide bonds. The second kappa shape index (κ2) is 4.90. The number of aromatic nitrogens is 2. The van der Waals surface area contributed by atoms with Crippen molar-refractivity contribution in [2.24, 2.45) is 11.7 Å². The fourth-order valence-electron chi connectivity index (χ4n) is 2.03. The van der Waals surface area contributed by atoms with E-state index in [1.165, 1.54) is 0 Å². The molecule has 0 bridgehead atoms. The van der Waals surface area contributed by atoms with Crippen molar-refractivity contribution >= 4 is 5.82 Å². The second-order valence-corrected chi connectivity index (χ2v) is 4.05. The standard InChI is InChI=1S/C11H15N5/c12-7-9-2-5-16(6-3-9)11-10(8-13)1-4-14-15-11/h1,4,9H,2-3,5-7,12H2. The lowest BCUT2D eigenvalue weighted by Crippen LogP contribution is -2.37. The molecule has 1 aromatic heterocycles. The molecular weight excluding hydrogens is 202 g/mol. The summed E-state index contributed by atoms with van der Waals surface area (Å²) < 4.78 is 0. The lowest BCUT2D eigenvalue weighted by Gasteiger charge is -2.32. The van der Waals surface area contributed by atoms with Crippen LogP contribution in [0.25, 0.3) is 0 Å². The van der Waals surface area contributed by atoms with Crippen LogP contribution in [0, 0.1) is 17.2 Å². The number of piperidine rings is 1. The van der Waals surface area contributed by atoms with Crippen LogP contribution in [0.4, 0.5) is 5.82 Å². The van der Waals surface area contributed by atoms with Gasteiger partial charge in [0, 0.05) is 13.1 Å². The molecule has 0 atom stereocenters. The van der Waals surface area contributed by atoms with Crippen LogP contribution in [-0.2, 0) is 0 Å². The van der Waals surface area contributed by atoms with E-state index in [1.807, 2.05) is 0 Å². The van der Waals surface area contributed by atoms with Crippen molar-refractivity contribution in [3.63, 3.8) is 0 Å². The van der Waals surface area contributed by atoms with Gasteiger partial charge in [0.1, 0.15) is 6.07 Å². The van der Waals surface area contributed by atoms with Crippen molar-refractivity contribution in [3.05, 3.63) is 17.8 Å². The molecule has 2 rings (SSSR count). The van der Waals surface area contributed by atoms with Crippen molar-refractivity contribution in [2.75, 3.05) is 24.5 Å². The molecule has 5 nitrogen and oxygen atoms in total. The van der Waals surface area contributed by atoms with Gasteiger partial charge in [-0.2, -0.15) is 10.4 Å². The molecule has 84 valence electrons. The van der Waals surface area contributed by atoms with Crippen LogP contribution in [0.3, 0.4) is 0 Å². The van der Waals surface area contributed by atoms with E-state index >= 15 is 0 Å². The van der Waals surface area contributed by atoms with Crippen molar-refractivity contribution in [2.45, 2.75) is 12.8 Å². The molecule has 1 aromatic rings. The van der Waals surface area contributed by atoms with Gasteiger partial charge in [-0.1, -0.05) is 0 Å². The molecule has 5 heteroatoms. The van der Waals surface area contributed by atoms with Crippen LogP contribution in [0.5, 0.6) is 0 Å². The monoisotopic (exact) mass is 217 g/mol. The Balaban J connectivity index is 2.11. The maximum atomic E-state index is 8.98. The highest BCUT2D eigenvalue weighted by atomic mass is 15.3. The number of nitrogens with zero attached hydrogens (tertiary/aromatic N) is 4. The van der Waals surface area contributed by atoms with Crippen molar-refractivity contribution in [1.82, 2.24) is 10.2 Å². The summed E-state index contributed by atoms with van der Waals surface area (Å²) in [5.41, 5.74) is 6.24. The summed E-state index contributed by atoms with van der Waals surface area (Å²) in [6.07, 6.45) is 3.69.